The van der Waals surface area contributed by atoms with Crippen LogP contribution < -0.4 is 0 Å². The van der Waals surface area contributed by atoms with Crippen molar-refractivity contribution in [2.24, 2.45) is 0 Å². The first-order chi connectivity index (χ1) is 2.81. The summed E-state index contributed by atoms with van der Waals surface area (Å²) in [4.78, 5) is 0. The molecule has 0 saturated carbocycles. The average molecular weight is 262 g/mol. The van der Waals surface area contributed by atoms with E-state index in [1.807, 2.05) is 0 Å². The van der Waals surface area contributed by atoms with Gasteiger partial charge in [0, 0.05) is 21.7 Å². The van der Waals surface area contributed by atoms with Gasteiger partial charge in [0.2, 0.25) is 0 Å². The Kier molecular flexibility index (Phi) is 13.5. The summed E-state index contributed by atoms with van der Waals surface area (Å²) in [5, 5.41) is 0. The van der Waals surface area contributed by atoms with Crippen LogP contribution in [-0.2, 0) is 22.7 Å². The zero-order valence-corrected chi connectivity index (χ0v) is 10.0. The van der Waals surface area contributed by atoms with Gasteiger partial charge < -0.3 is 0 Å². The van der Waals surface area contributed by atoms with Crippen LogP contribution in [0.5, 0.6) is 0 Å². The van der Waals surface area contributed by atoms with Crippen molar-refractivity contribution in [1.82, 2.24) is 0 Å². The third kappa shape index (κ3) is 8.04. The number of hydrogen-bond donors (Lipinski definition) is 0. The second-order valence-electron chi connectivity index (χ2n) is 1.35. The van der Waals surface area contributed by atoms with Gasteiger partial charge in [-0.3, -0.25) is 0 Å². The molecular weight excluding hydrogens is 253 g/mol. The van der Waals surface area contributed by atoms with Crippen molar-refractivity contribution in [1.29, 1.82) is 0 Å². The van der Waals surface area contributed by atoms with Crippen LogP contribution >= 0.6 is 0 Å². The smallest absolute Gasteiger partial charge is 0 e. The molecule has 0 aromatic heterocycles. The van der Waals surface area contributed by atoms with Gasteiger partial charge in [-0.1, -0.05) is 0 Å². The molecule has 0 saturated heterocycles. The molecule has 0 fully saturated rings. The molecule has 0 aromatic carbocycles. The Morgan fingerprint density at radius 2 is 2.14 bits per heavy atom. The van der Waals surface area contributed by atoms with Gasteiger partial charge in [0.1, 0.15) is 0 Å². The normalized spacial score (nSPS) is 12.1. The molecule has 0 bridgehead atoms. The second kappa shape index (κ2) is 8.04. The molecule has 3 heteroatoms. The molecule has 1 unspecified atom stereocenters. The molecule has 1 nitrogen and oxygen atoms in total. The van der Waals surface area contributed by atoms with Gasteiger partial charge in [-0.15, -0.1) is 0 Å². The van der Waals surface area contributed by atoms with Gasteiger partial charge in [-0.05, 0) is 0 Å². The van der Waals surface area contributed by atoms with Gasteiger partial charge >= 0.3 is 67.2 Å². The van der Waals surface area contributed by atoms with E-state index in [0.717, 1.165) is 6.42 Å². The van der Waals surface area contributed by atoms with Crippen LogP contribution in [0.25, 0.3) is 0 Å². The first-order valence-corrected chi connectivity index (χ1v) is 3.68. The van der Waals surface area contributed by atoms with Crippen molar-refractivity contribution >= 4 is 0 Å². The van der Waals surface area contributed by atoms with E-state index >= 15 is 0 Å². The quantitative estimate of drug-likeness (QED) is 0.681. The Hall–Kier alpha value is 2.04. The van der Waals surface area contributed by atoms with Crippen molar-refractivity contribution in [3.05, 3.63) is 0 Å². The molecule has 0 aliphatic rings. The summed E-state index contributed by atoms with van der Waals surface area (Å²) in [7, 11) is 0. The molecule has 0 spiro atoms. The summed E-state index contributed by atoms with van der Waals surface area (Å²) in [6, 6.07) is 0. The summed E-state index contributed by atoms with van der Waals surface area (Å²) < 4.78 is 5.07. The van der Waals surface area contributed by atoms with Crippen LogP contribution in [0.15, 0.2) is 0 Å². The fourth-order valence-electron chi connectivity index (χ4n) is 0.0962. The predicted octanol–water partition coefficient (Wildman–Crippen LogP) is 1.26. The standard InChI is InChI=1S/C4H9O.Pr.Ti/c1-3-4(2)5;;/h4H,3H2,1-2H3;;/q-1;+1;. The first-order valence-electron chi connectivity index (χ1n) is 2.16. The maximum atomic E-state index is 5.07. The predicted molar refractivity (Wildman–Crippen MR) is 20.8 cm³/mol. The summed E-state index contributed by atoms with van der Waals surface area (Å²) >= 11 is 0.713. The maximum absolute atomic E-state index is 5.07. The van der Waals surface area contributed by atoms with E-state index in [4.69, 9.17) is 1.01 Å². The summed E-state index contributed by atoms with van der Waals surface area (Å²) in [5.41, 5.74) is 0. The van der Waals surface area contributed by atoms with Crippen LogP contribution in [0, 0.1) is 39.8 Å². The molecule has 0 amide bonds. The van der Waals surface area contributed by atoms with Gasteiger partial charge in [0.05, 0.1) is 0 Å². The van der Waals surface area contributed by atoms with Crippen molar-refractivity contribution in [3.8, 4) is 0 Å². The monoisotopic (exact) mass is 262 g/mol. The molecule has 0 rings (SSSR count). The zero-order chi connectivity index (χ0) is 4.99. The molecule has 0 aromatic rings. The third-order valence-corrected chi connectivity index (χ3v) is 2.30. The number of hydrogen-bond acceptors (Lipinski definition) is 1. The van der Waals surface area contributed by atoms with E-state index in [1.54, 1.807) is 0 Å². The molecule has 0 N–H and O–H groups in total. The molecule has 0 aliphatic carbocycles. The van der Waals surface area contributed by atoms with Gasteiger partial charge in [-0.2, -0.15) is 0 Å². The van der Waals surface area contributed by atoms with Gasteiger partial charge in [-0.25, -0.2) is 0 Å². The maximum Gasteiger partial charge on any atom is 0 e. The Labute approximate surface area is 87.5 Å². The minimum absolute atomic E-state index is 0. The Morgan fingerprint density at radius 1 is 1.71 bits per heavy atom. The summed E-state index contributed by atoms with van der Waals surface area (Å²) in [6.07, 6.45) is 1.66. The van der Waals surface area contributed by atoms with Crippen LogP contribution in [0.3, 0.4) is 0 Å². The topological polar surface area (TPSA) is 9.23 Å². The van der Waals surface area contributed by atoms with E-state index in [1.165, 1.54) is 0 Å². The molecule has 38 valence electrons. The van der Waals surface area contributed by atoms with Crippen molar-refractivity contribution in [2.45, 2.75) is 26.4 Å². The minimum atomic E-state index is 0. The molecular formula is C4H9OPrTi. The van der Waals surface area contributed by atoms with E-state index in [0.29, 0.717) is 45.9 Å². The van der Waals surface area contributed by atoms with Crippen molar-refractivity contribution in [3.63, 3.8) is 0 Å². The molecule has 7 heavy (non-hydrogen) atoms. The Morgan fingerprint density at radius 3 is 2.14 bits per heavy atom. The minimum Gasteiger partial charge on any atom is 0 e. The molecule has 1 atom stereocenters. The third-order valence-electron chi connectivity index (χ3n) is 0.807. The summed E-state index contributed by atoms with van der Waals surface area (Å²) in [6.45, 7) is 4.23. The van der Waals surface area contributed by atoms with E-state index < -0.39 is 0 Å². The Balaban J connectivity index is 0. The SMILES string of the molecule is CCC(C)[O][Pr].[Ti]. The van der Waals surface area contributed by atoms with Gasteiger partial charge in [0.15, 0.2) is 0 Å². The fraction of sp³-hybridized carbons (Fsp3) is 1.00. The Bertz CT molecular complexity index is 30.9. The van der Waals surface area contributed by atoms with E-state index in [9.17, 15) is 0 Å². The van der Waals surface area contributed by atoms with E-state index in [2.05, 4.69) is 13.8 Å². The van der Waals surface area contributed by atoms with Crippen molar-refractivity contribution < 1.29 is 62.5 Å². The number of rotatable bonds is 2. The zero-order valence-electron chi connectivity index (χ0n) is 4.77. The molecule has 0 heterocycles. The van der Waals surface area contributed by atoms with Gasteiger partial charge in [0.25, 0.3) is 0 Å². The van der Waals surface area contributed by atoms with Crippen LogP contribution in [0.1, 0.15) is 20.3 Å². The van der Waals surface area contributed by atoms with Crippen LogP contribution in [0.4, 0.5) is 0 Å². The summed E-state index contributed by atoms with van der Waals surface area (Å²) in [5.74, 6) is 0. The second-order valence-corrected chi connectivity index (χ2v) is 2.23. The van der Waals surface area contributed by atoms with Crippen molar-refractivity contribution in [2.75, 3.05) is 0 Å². The largest absolute Gasteiger partial charge is 0 e. The molecule has 0 radical (unpaired) electrons. The molecule has 0 aliphatic heterocycles. The average Bonchev–Trinajstić information content (AvgIpc) is 1.65. The fourth-order valence-corrected chi connectivity index (χ4v) is 0.714. The first kappa shape index (κ1) is 11.8. The van der Waals surface area contributed by atoms with Crippen LogP contribution in [0.2, 0.25) is 0 Å². The van der Waals surface area contributed by atoms with E-state index in [-0.39, 0.29) is 21.7 Å². The van der Waals surface area contributed by atoms with Crippen LogP contribution in [-0.4, -0.2) is 6.10 Å².